The van der Waals surface area contributed by atoms with Gasteiger partial charge in [-0.3, -0.25) is 4.68 Å². The summed E-state index contributed by atoms with van der Waals surface area (Å²) in [5, 5.41) is 14.7. The number of fused-ring (bicyclic) bond motifs is 1. The molecule has 5 nitrogen and oxygen atoms in total. The van der Waals surface area contributed by atoms with E-state index in [1.165, 1.54) is 0 Å². The Hall–Kier alpha value is -2.53. The predicted octanol–water partition coefficient (Wildman–Crippen LogP) is 3.44. The SMILES string of the molecule is COc1cc(Cl)ccc1Cn1nc(C(=O)O)c2ccccc21. The van der Waals surface area contributed by atoms with E-state index in [1.54, 1.807) is 36.1 Å². The molecule has 0 aliphatic carbocycles. The molecule has 1 N–H and O–H groups in total. The molecule has 112 valence electrons. The fourth-order valence-corrected chi connectivity index (χ4v) is 2.58. The zero-order valence-electron chi connectivity index (χ0n) is 11.8. The van der Waals surface area contributed by atoms with Crippen molar-refractivity contribution < 1.29 is 14.6 Å². The third-order valence-electron chi connectivity index (χ3n) is 3.43. The van der Waals surface area contributed by atoms with Crippen molar-refractivity contribution in [3.63, 3.8) is 0 Å². The average Bonchev–Trinajstić information content (AvgIpc) is 2.88. The highest BCUT2D eigenvalue weighted by molar-refractivity contribution is 6.30. The van der Waals surface area contributed by atoms with Crippen LogP contribution in [0.15, 0.2) is 42.5 Å². The smallest absolute Gasteiger partial charge is 0.357 e. The van der Waals surface area contributed by atoms with Crippen LogP contribution < -0.4 is 4.74 Å². The van der Waals surface area contributed by atoms with Crippen molar-refractivity contribution in [3.05, 3.63) is 58.7 Å². The van der Waals surface area contributed by atoms with Crippen molar-refractivity contribution in [2.75, 3.05) is 7.11 Å². The van der Waals surface area contributed by atoms with Gasteiger partial charge in [-0.2, -0.15) is 5.10 Å². The van der Waals surface area contributed by atoms with Gasteiger partial charge in [0.15, 0.2) is 5.69 Å². The number of rotatable bonds is 4. The van der Waals surface area contributed by atoms with Crippen LogP contribution in [0.4, 0.5) is 0 Å². The van der Waals surface area contributed by atoms with Crippen LogP contribution in [0.5, 0.6) is 5.75 Å². The summed E-state index contributed by atoms with van der Waals surface area (Å²) >= 11 is 5.96. The number of carbonyl (C=O) groups is 1. The lowest BCUT2D eigenvalue weighted by atomic mass is 10.2. The number of carboxylic acid groups (broad SMARTS) is 1. The minimum Gasteiger partial charge on any atom is -0.496 e. The first kappa shape index (κ1) is 14.4. The van der Waals surface area contributed by atoms with Crippen LogP contribution in [-0.2, 0) is 6.54 Å². The van der Waals surface area contributed by atoms with Crippen molar-refractivity contribution in [2.45, 2.75) is 6.54 Å². The molecule has 0 radical (unpaired) electrons. The molecule has 0 saturated heterocycles. The molecule has 0 bridgehead atoms. The molecule has 1 heterocycles. The zero-order chi connectivity index (χ0) is 15.7. The number of aromatic carboxylic acids is 1. The van der Waals surface area contributed by atoms with Gasteiger partial charge in [0, 0.05) is 16.0 Å². The van der Waals surface area contributed by atoms with E-state index in [4.69, 9.17) is 16.3 Å². The van der Waals surface area contributed by atoms with Gasteiger partial charge in [-0.1, -0.05) is 35.9 Å². The fourth-order valence-electron chi connectivity index (χ4n) is 2.42. The number of hydrogen-bond donors (Lipinski definition) is 1. The molecule has 2 aromatic carbocycles. The Labute approximate surface area is 131 Å². The molecule has 0 unspecified atom stereocenters. The maximum absolute atomic E-state index is 11.3. The largest absolute Gasteiger partial charge is 0.496 e. The molecule has 22 heavy (non-hydrogen) atoms. The number of hydrogen-bond acceptors (Lipinski definition) is 3. The molecule has 6 heteroatoms. The Bertz CT molecular complexity index is 858. The summed E-state index contributed by atoms with van der Waals surface area (Å²) in [5.41, 5.74) is 1.68. The van der Waals surface area contributed by atoms with Gasteiger partial charge in [0.25, 0.3) is 0 Å². The Morgan fingerprint density at radius 3 is 2.82 bits per heavy atom. The fraction of sp³-hybridized carbons (Fsp3) is 0.125. The molecule has 0 saturated carbocycles. The van der Waals surface area contributed by atoms with E-state index in [1.807, 2.05) is 18.2 Å². The molecule has 1 aromatic heterocycles. The van der Waals surface area contributed by atoms with E-state index < -0.39 is 5.97 Å². The first-order valence-corrected chi connectivity index (χ1v) is 6.99. The first-order chi connectivity index (χ1) is 10.6. The number of nitrogens with zero attached hydrogens (tertiary/aromatic N) is 2. The van der Waals surface area contributed by atoms with Crippen LogP contribution in [0.3, 0.4) is 0 Å². The van der Waals surface area contributed by atoms with Crippen LogP contribution >= 0.6 is 11.6 Å². The second-order valence-corrected chi connectivity index (χ2v) is 5.22. The van der Waals surface area contributed by atoms with Crippen LogP contribution in [0, 0.1) is 0 Å². The Balaban J connectivity index is 2.10. The maximum Gasteiger partial charge on any atom is 0.357 e. The number of ether oxygens (including phenoxy) is 1. The number of benzene rings is 2. The lowest BCUT2D eigenvalue weighted by Gasteiger charge is -2.09. The van der Waals surface area contributed by atoms with E-state index >= 15 is 0 Å². The molecule has 3 aromatic rings. The van der Waals surface area contributed by atoms with Crippen LogP contribution in [0.25, 0.3) is 10.9 Å². The van der Waals surface area contributed by atoms with Crippen molar-refractivity contribution >= 4 is 28.5 Å². The van der Waals surface area contributed by atoms with E-state index in [2.05, 4.69) is 5.10 Å². The van der Waals surface area contributed by atoms with Crippen molar-refractivity contribution in [3.8, 4) is 5.75 Å². The predicted molar refractivity (Wildman–Crippen MR) is 83.8 cm³/mol. The molecule has 0 aliphatic heterocycles. The number of para-hydroxylation sites is 1. The highest BCUT2D eigenvalue weighted by Crippen LogP contribution is 2.26. The van der Waals surface area contributed by atoms with Gasteiger partial charge in [0.2, 0.25) is 0 Å². The van der Waals surface area contributed by atoms with Gasteiger partial charge in [-0.15, -0.1) is 0 Å². The van der Waals surface area contributed by atoms with Gasteiger partial charge in [0.1, 0.15) is 5.75 Å². The van der Waals surface area contributed by atoms with Gasteiger partial charge in [0.05, 0.1) is 19.2 Å². The summed E-state index contributed by atoms with van der Waals surface area (Å²) < 4.78 is 6.98. The number of carboxylic acids is 1. The molecular weight excluding hydrogens is 304 g/mol. The van der Waals surface area contributed by atoms with Gasteiger partial charge in [-0.25, -0.2) is 4.79 Å². The first-order valence-electron chi connectivity index (χ1n) is 6.61. The number of halogens is 1. The minimum atomic E-state index is -1.04. The maximum atomic E-state index is 11.3. The summed E-state index contributed by atoms with van der Waals surface area (Å²) in [4.78, 5) is 11.3. The molecule has 0 atom stereocenters. The Morgan fingerprint density at radius 2 is 2.09 bits per heavy atom. The highest BCUT2D eigenvalue weighted by atomic mass is 35.5. The lowest BCUT2D eigenvalue weighted by molar-refractivity contribution is 0.0691. The monoisotopic (exact) mass is 316 g/mol. The zero-order valence-corrected chi connectivity index (χ0v) is 12.5. The molecule has 0 fully saturated rings. The van der Waals surface area contributed by atoms with Gasteiger partial charge >= 0.3 is 5.97 Å². The second-order valence-electron chi connectivity index (χ2n) is 4.78. The van der Waals surface area contributed by atoms with Gasteiger partial charge in [-0.05, 0) is 18.2 Å². The third kappa shape index (κ3) is 2.51. The van der Waals surface area contributed by atoms with E-state index in [9.17, 15) is 9.90 Å². The van der Waals surface area contributed by atoms with E-state index in [-0.39, 0.29) is 5.69 Å². The Kier molecular flexibility index (Phi) is 3.73. The summed E-state index contributed by atoms with van der Waals surface area (Å²) in [5.74, 6) is -0.401. The van der Waals surface area contributed by atoms with Crippen molar-refractivity contribution in [1.82, 2.24) is 9.78 Å². The average molecular weight is 317 g/mol. The van der Waals surface area contributed by atoms with Gasteiger partial charge < -0.3 is 9.84 Å². The molecule has 0 aliphatic rings. The summed E-state index contributed by atoms with van der Waals surface area (Å²) in [6.07, 6.45) is 0. The van der Waals surface area contributed by atoms with Crippen molar-refractivity contribution in [1.29, 1.82) is 0 Å². The Morgan fingerprint density at radius 1 is 1.32 bits per heavy atom. The highest BCUT2D eigenvalue weighted by Gasteiger charge is 2.16. The second kappa shape index (κ2) is 5.69. The summed E-state index contributed by atoms with van der Waals surface area (Å²) in [6, 6.07) is 12.6. The summed E-state index contributed by atoms with van der Waals surface area (Å²) in [6.45, 7) is 0.397. The molecule has 0 amide bonds. The van der Waals surface area contributed by atoms with Crippen LogP contribution in [0.2, 0.25) is 5.02 Å². The minimum absolute atomic E-state index is 0.0449. The summed E-state index contributed by atoms with van der Waals surface area (Å²) in [7, 11) is 1.57. The topological polar surface area (TPSA) is 64.4 Å². The number of methoxy groups -OCH3 is 1. The number of aromatic nitrogens is 2. The molecule has 0 spiro atoms. The molecule has 3 rings (SSSR count). The third-order valence-corrected chi connectivity index (χ3v) is 3.66. The quantitative estimate of drug-likeness (QED) is 0.800. The molecular formula is C16H13ClN2O3. The standard InChI is InChI=1S/C16H13ClN2O3/c1-22-14-8-11(17)7-6-10(14)9-19-13-5-3-2-4-12(13)15(18-19)16(20)21/h2-8H,9H2,1H3,(H,20,21). The van der Waals surface area contributed by atoms with E-state index in [0.717, 1.165) is 11.1 Å². The lowest BCUT2D eigenvalue weighted by Crippen LogP contribution is -2.05. The van der Waals surface area contributed by atoms with Crippen LogP contribution in [-0.4, -0.2) is 28.0 Å². The normalized spacial score (nSPS) is 10.8. The van der Waals surface area contributed by atoms with Crippen molar-refractivity contribution in [2.24, 2.45) is 0 Å². The van der Waals surface area contributed by atoms with Crippen LogP contribution in [0.1, 0.15) is 16.1 Å². The van der Waals surface area contributed by atoms with E-state index in [0.29, 0.717) is 22.7 Å².